The van der Waals surface area contributed by atoms with Gasteiger partial charge in [-0.05, 0) is 48.6 Å². The molecule has 2 fully saturated rings. The van der Waals surface area contributed by atoms with Gasteiger partial charge in [-0.2, -0.15) is 5.10 Å². The molecule has 4 atom stereocenters. The van der Waals surface area contributed by atoms with Crippen LogP contribution in [0, 0.1) is 11.8 Å². The molecule has 4 rings (SSSR count). The second-order valence-electron chi connectivity index (χ2n) is 7.75. The van der Waals surface area contributed by atoms with E-state index in [2.05, 4.69) is 40.7 Å². The highest BCUT2D eigenvalue weighted by molar-refractivity contribution is 5.83. The van der Waals surface area contributed by atoms with Gasteiger partial charge in [0, 0.05) is 25.2 Å². The van der Waals surface area contributed by atoms with Gasteiger partial charge in [-0.3, -0.25) is 9.48 Å². The Kier molecular flexibility index (Phi) is 4.60. The zero-order chi connectivity index (χ0) is 17.2. The Hall–Kier alpha value is -2.10. The van der Waals surface area contributed by atoms with E-state index in [0.717, 1.165) is 19.3 Å². The van der Waals surface area contributed by atoms with Crippen LogP contribution in [-0.4, -0.2) is 21.7 Å². The fraction of sp³-hybridized carbons (Fsp3) is 0.524. The Balaban J connectivity index is 1.36. The van der Waals surface area contributed by atoms with E-state index in [0.29, 0.717) is 17.9 Å². The summed E-state index contributed by atoms with van der Waals surface area (Å²) in [5.74, 6) is 1.32. The molecule has 4 nitrogen and oxygen atoms in total. The molecule has 0 saturated heterocycles. The van der Waals surface area contributed by atoms with Crippen LogP contribution in [0.15, 0.2) is 42.7 Å². The molecule has 2 aromatic rings. The van der Waals surface area contributed by atoms with Gasteiger partial charge in [-0.15, -0.1) is 0 Å². The summed E-state index contributed by atoms with van der Waals surface area (Å²) in [6.45, 7) is 0. The number of rotatable bonds is 5. The van der Waals surface area contributed by atoms with Crippen LogP contribution < -0.4 is 5.32 Å². The molecule has 2 aliphatic carbocycles. The molecule has 1 N–H and O–H groups in total. The SMILES string of the molecule is Cn1cc(C2CC2C(=O)NC2CCCCC2Cc2ccccc2)cn1. The van der Waals surface area contributed by atoms with Crippen LogP contribution in [0.3, 0.4) is 0 Å². The fourth-order valence-electron chi connectivity index (χ4n) is 4.33. The Bertz CT molecular complexity index is 724. The van der Waals surface area contributed by atoms with Crippen molar-refractivity contribution < 1.29 is 4.79 Å². The quantitative estimate of drug-likeness (QED) is 0.908. The van der Waals surface area contributed by atoms with Crippen molar-refractivity contribution in [2.24, 2.45) is 18.9 Å². The number of hydrogen-bond donors (Lipinski definition) is 1. The van der Waals surface area contributed by atoms with Crippen molar-refractivity contribution in [1.82, 2.24) is 15.1 Å². The Morgan fingerprint density at radius 3 is 2.80 bits per heavy atom. The highest BCUT2D eigenvalue weighted by Crippen LogP contribution is 2.47. The van der Waals surface area contributed by atoms with Crippen LogP contribution in [0.4, 0.5) is 0 Å². The molecule has 4 unspecified atom stereocenters. The lowest BCUT2D eigenvalue weighted by atomic mass is 9.80. The number of carbonyl (C=O) groups is 1. The number of nitrogens with one attached hydrogen (secondary N) is 1. The minimum absolute atomic E-state index is 0.142. The third kappa shape index (κ3) is 3.78. The Morgan fingerprint density at radius 2 is 2.04 bits per heavy atom. The van der Waals surface area contributed by atoms with Gasteiger partial charge in [-0.1, -0.05) is 43.2 Å². The number of aryl methyl sites for hydroxylation is 1. The molecule has 0 bridgehead atoms. The average molecular weight is 337 g/mol. The van der Waals surface area contributed by atoms with E-state index >= 15 is 0 Å². The summed E-state index contributed by atoms with van der Waals surface area (Å²) >= 11 is 0. The number of carbonyl (C=O) groups excluding carboxylic acids is 1. The maximum Gasteiger partial charge on any atom is 0.223 e. The maximum absolute atomic E-state index is 12.7. The molecule has 0 aliphatic heterocycles. The van der Waals surface area contributed by atoms with Crippen LogP contribution >= 0.6 is 0 Å². The van der Waals surface area contributed by atoms with Crippen molar-refractivity contribution in [1.29, 1.82) is 0 Å². The Morgan fingerprint density at radius 1 is 1.24 bits per heavy atom. The highest BCUT2D eigenvalue weighted by Gasteiger charge is 2.45. The normalized spacial score (nSPS) is 28.5. The second-order valence-corrected chi connectivity index (χ2v) is 7.75. The number of amides is 1. The van der Waals surface area contributed by atoms with Gasteiger partial charge >= 0.3 is 0 Å². The summed E-state index contributed by atoms with van der Waals surface area (Å²) in [6, 6.07) is 11.0. The van der Waals surface area contributed by atoms with Gasteiger partial charge in [0.25, 0.3) is 0 Å². The summed E-state index contributed by atoms with van der Waals surface area (Å²) in [5.41, 5.74) is 2.58. The van der Waals surface area contributed by atoms with E-state index in [4.69, 9.17) is 0 Å². The number of aromatic nitrogens is 2. The van der Waals surface area contributed by atoms with Gasteiger partial charge in [0.05, 0.1) is 6.20 Å². The van der Waals surface area contributed by atoms with Crippen LogP contribution in [-0.2, 0) is 18.3 Å². The molecule has 2 saturated carbocycles. The lowest BCUT2D eigenvalue weighted by Gasteiger charge is -2.32. The van der Waals surface area contributed by atoms with Crippen molar-refractivity contribution in [3.63, 3.8) is 0 Å². The molecule has 0 spiro atoms. The molecule has 25 heavy (non-hydrogen) atoms. The summed E-state index contributed by atoms with van der Waals surface area (Å²) in [7, 11) is 1.93. The molecule has 4 heteroatoms. The lowest BCUT2D eigenvalue weighted by Crippen LogP contribution is -2.43. The predicted molar refractivity (Wildman–Crippen MR) is 98.1 cm³/mol. The topological polar surface area (TPSA) is 46.9 Å². The van der Waals surface area contributed by atoms with Gasteiger partial charge < -0.3 is 5.32 Å². The number of nitrogens with zero attached hydrogens (tertiary/aromatic N) is 2. The molecule has 0 radical (unpaired) electrons. The van der Waals surface area contributed by atoms with Gasteiger partial charge in [-0.25, -0.2) is 0 Å². The summed E-state index contributed by atoms with van der Waals surface area (Å²) < 4.78 is 1.82. The van der Waals surface area contributed by atoms with Crippen LogP contribution in [0.5, 0.6) is 0 Å². The van der Waals surface area contributed by atoms with Crippen LogP contribution in [0.25, 0.3) is 0 Å². The largest absolute Gasteiger partial charge is 0.353 e. The first-order valence-electron chi connectivity index (χ1n) is 9.53. The summed E-state index contributed by atoms with van der Waals surface area (Å²) in [5, 5.41) is 7.62. The number of hydrogen-bond acceptors (Lipinski definition) is 2. The first kappa shape index (κ1) is 16.4. The molecule has 1 amide bonds. The van der Waals surface area contributed by atoms with Gasteiger partial charge in [0.2, 0.25) is 5.91 Å². The smallest absolute Gasteiger partial charge is 0.223 e. The van der Waals surface area contributed by atoms with Crippen LogP contribution in [0.1, 0.15) is 49.1 Å². The monoisotopic (exact) mass is 337 g/mol. The molecule has 2 aliphatic rings. The van der Waals surface area contributed by atoms with E-state index in [9.17, 15) is 4.79 Å². The Labute approximate surface area is 149 Å². The van der Waals surface area contributed by atoms with Crippen molar-refractivity contribution in [2.45, 2.75) is 50.5 Å². The third-order valence-electron chi connectivity index (χ3n) is 5.86. The molecular weight excluding hydrogens is 310 g/mol. The van der Waals surface area contributed by atoms with Crippen molar-refractivity contribution in [3.05, 3.63) is 53.9 Å². The predicted octanol–water partition coefficient (Wildman–Crippen LogP) is 3.44. The van der Waals surface area contributed by atoms with Crippen molar-refractivity contribution in [2.75, 3.05) is 0 Å². The van der Waals surface area contributed by atoms with Gasteiger partial charge in [0.1, 0.15) is 0 Å². The molecule has 1 heterocycles. The molecular formula is C21H27N3O. The van der Waals surface area contributed by atoms with Crippen LogP contribution in [0.2, 0.25) is 0 Å². The highest BCUT2D eigenvalue weighted by atomic mass is 16.2. The lowest BCUT2D eigenvalue weighted by molar-refractivity contribution is -0.123. The maximum atomic E-state index is 12.7. The second kappa shape index (κ2) is 7.03. The van der Waals surface area contributed by atoms with Crippen molar-refractivity contribution in [3.8, 4) is 0 Å². The summed E-state index contributed by atoms with van der Waals surface area (Å²) in [6.07, 6.45) is 10.8. The molecule has 1 aromatic heterocycles. The van der Waals surface area contributed by atoms with E-state index in [-0.39, 0.29) is 11.8 Å². The standard InChI is InChI=1S/C21H27N3O/c1-24-14-17(13-22-24)18-12-19(18)21(25)23-20-10-6-5-9-16(20)11-15-7-3-2-4-8-15/h2-4,7-8,13-14,16,18-20H,5-6,9-12H2,1H3,(H,23,25). The van der Waals surface area contributed by atoms with Crippen molar-refractivity contribution >= 4 is 5.91 Å². The van der Waals surface area contributed by atoms with Gasteiger partial charge in [0.15, 0.2) is 0 Å². The zero-order valence-corrected chi connectivity index (χ0v) is 14.9. The fourth-order valence-corrected chi connectivity index (χ4v) is 4.33. The minimum Gasteiger partial charge on any atom is -0.353 e. The van der Waals surface area contributed by atoms with E-state index in [1.54, 1.807) is 0 Å². The van der Waals surface area contributed by atoms with E-state index in [1.807, 2.05) is 24.1 Å². The third-order valence-corrected chi connectivity index (χ3v) is 5.86. The van der Waals surface area contributed by atoms with E-state index in [1.165, 1.54) is 30.4 Å². The van der Waals surface area contributed by atoms with E-state index < -0.39 is 0 Å². The first-order valence-corrected chi connectivity index (χ1v) is 9.53. The number of benzene rings is 1. The molecule has 132 valence electrons. The first-order chi connectivity index (χ1) is 12.2. The summed E-state index contributed by atoms with van der Waals surface area (Å²) in [4.78, 5) is 12.7. The molecule has 1 aromatic carbocycles. The average Bonchev–Trinajstić information content (AvgIpc) is 3.32. The zero-order valence-electron chi connectivity index (χ0n) is 14.9. The minimum atomic E-state index is 0.142.